The SMILES string of the molecule is CCC(Cc1ccc(OC)c(OC)c1)NC. The van der Waals surface area contributed by atoms with Crippen molar-refractivity contribution in [2.75, 3.05) is 21.3 Å². The molecule has 3 nitrogen and oxygen atoms in total. The zero-order valence-electron chi connectivity index (χ0n) is 10.5. The highest BCUT2D eigenvalue weighted by Gasteiger charge is 2.08. The lowest BCUT2D eigenvalue weighted by molar-refractivity contribution is 0.354. The van der Waals surface area contributed by atoms with E-state index in [0.29, 0.717) is 6.04 Å². The molecule has 16 heavy (non-hydrogen) atoms. The molecule has 0 radical (unpaired) electrons. The first-order valence-electron chi connectivity index (χ1n) is 5.63. The minimum Gasteiger partial charge on any atom is -0.493 e. The largest absolute Gasteiger partial charge is 0.493 e. The number of methoxy groups -OCH3 is 2. The van der Waals surface area contributed by atoms with Crippen LogP contribution in [0.25, 0.3) is 0 Å². The van der Waals surface area contributed by atoms with Crippen molar-refractivity contribution in [3.05, 3.63) is 23.8 Å². The van der Waals surface area contributed by atoms with Crippen LogP contribution in [0.4, 0.5) is 0 Å². The van der Waals surface area contributed by atoms with Gasteiger partial charge in [0.05, 0.1) is 14.2 Å². The van der Waals surface area contributed by atoms with E-state index < -0.39 is 0 Å². The molecule has 0 bridgehead atoms. The number of hydrogen-bond donors (Lipinski definition) is 1. The van der Waals surface area contributed by atoms with Gasteiger partial charge < -0.3 is 14.8 Å². The Labute approximate surface area is 97.8 Å². The third-order valence-electron chi connectivity index (χ3n) is 2.83. The summed E-state index contributed by atoms with van der Waals surface area (Å²) < 4.78 is 10.5. The fourth-order valence-electron chi connectivity index (χ4n) is 1.74. The van der Waals surface area contributed by atoms with E-state index in [0.717, 1.165) is 24.3 Å². The van der Waals surface area contributed by atoms with Crippen LogP contribution in [-0.4, -0.2) is 27.3 Å². The predicted molar refractivity (Wildman–Crippen MR) is 66.4 cm³/mol. The van der Waals surface area contributed by atoms with Crippen molar-refractivity contribution in [1.82, 2.24) is 5.32 Å². The molecule has 0 saturated heterocycles. The first-order chi connectivity index (χ1) is 7.74. The predicted octanol–water partition coefficient (Wildman–Crippen LogP) is 2.24. The number of benzene rings is 1. The van der Waals surface area contributed by atoms with Crippen LogP contribution >= 0.6 is 0 Å². The lowest BCUT2D eigenvalue weighted by atomic mass is 10.0. The fraction of sp³-hybridized carbons (Fsp3) is 0.538. The topological polar surface area (TPSA) is 30.5 Å². The fourth-order valence-corrected chi connectivity index (χ4v) is 1.74. The zero-order valence-corrected chi connectivity index (χ0v) is 10.5. The molecule has 1 aromatic carbocycles. The van der Waals surface area contributed by atoms with Crippen molar-refractivity contribution < 1.29 is 9.47 Å². The molecule has 0 heterocycles. The van der Waals surface area contributed by atoms with Crippen molar-refractivity contribution in [2.45, 2.75) is 25.8 Å². The van der Waals surface area contributed by atoms with E-state index in [2.05, 4.69) is 18.3 Å². The summed E-state index contributed by atoms with van der Waals surface area (Å²) in [4.78, 5) is 0. The summed E-state index contributed by atoms with van der Waals surface area (Å²) in [6, 6.07) is 6.59. The van der Waals surface area contributed by atoms with Crippen molar-refractivity contribution >= 4 is 0 Å². The van der Waals surface area contributed by atoms with Crippen molar-refractivity contribution in [3.63, 3.8) is 0 Å². The number of ether oxygens (including phenoxy) is 2. The van der Waals surface area contributed by atoms with E-state index in [1.807, 2.05) is 19.2 Å². The van der Waals surface area contributed by atoms with Crippen LogP contribution in [0.15, 0.2) is 18.2 Å². The van der Waals surface area contributed by atoms with Crippen LogP contribution in [0.3, 0.4) is 0 Å². The minimum absolute atomic E-state index is 0.512. The first kappa shape index (κ1) is 12.8. The minimum atomic E-state index is 0.512. The summed E-state index contributed by atoms with van der Waals surface area (Å²) in [6.07, 6.45) is 2.12. The second kappa shape index (κ2) is 6.38. The van der Waals surface area contributed by atoms with Gasteiger partial charge in [-0.2, -0.15) is 0 Å². The Morgan fingerprint density at radius 3 is 2.38 bits per heavy atom. The Morgan fingerprint density at radius 1 is 1.19 bits per heavy atom. The first-order valence-corrected chi connectivity index (χ1v) is 5.63. The number of nitrogens with one attached hydrogen (secondary N) is 1. The molecule has 3 heteroatoms. The van der Waals surface area contributed by atoms with Crippen molar-refractivity contribution in [3.8, 4) is 11.5 Å². The molecule has 0 amide bonds. The third-order valence-corrected chi connectivity index (χ3v) is 2.83. The van der Waals surface area contributed by atoms with E-state index in [1.165, 1.54) is 5.56 Å². The van der Waals surface area contributed by atoms with E-state index in [-0.39, 0.29) is 0 Å². The molecule has 0 fully saturated rings. The molecule has 0 aliphatic carbocycles. The molecule has 1 unspecified atom stereocenters. The maximum absolute atomic E-state index is 5.28. The molecule has 0 aliphatic heterocycles. The lowest BCUT2D eigenvalue weighted by Gasteiger charge is -2.15. The van der Waals surface area contributed by atoms with Gasteiger partial charge in [-0.3, -0.25) is 0 Å². The van der Waals surface area contributed by atoms with E-state index in [9.17, 15) is 0 Å². The quantitative estimate of drug-likeness (QED) is 0.802. The van der Waals surface area contributed by atoms with Gasteiger partial charge in [0.2, 0.25) is 0 Å². The molecule has 0 saturated carbocycles. The molecule has 0 spiro atoms. The second-order valence-corrected chi connectivity index (χ2v) is 3.79. The highest BCUT2D eigenvalue weighted by molar-refractivity contribution is 5.43. The van der Waals surface area contributed by atoms with Crippen LogP contribution in [0.2, 0.25) is 0 Å². The summed E-state index contributed by atoms with van der Waals surface area (Å²) in [6.45, 7) is 2.18. The van der Waals surface area contributed by atoms with Gasteiger partial charge >= 0.3 is 0 Å². The summed E-state index contributed by atoms with van der Waals surface area (Å²) in [5, 5.41) is 3.29. The summed E-state index contributed by atoms with van der Waals surface area (Å²) in [7, 11) is 5.31. The molecule has 0 aliphatic rings. The third kappa shape index (κ3) is 3.14. The number of likely N-dealkylation sites (N-methyl/N-ethyl adjacent to an activating group) is 1. The van der Waals surface area contributed by atoms with Crippen LogP contribution < -0.4 is 14.8 Å². The Balaban J connectivity index is 2.82. The highest BCUT2D eigenvalue weighted by atomic mass is 16.5. The summed E-state index contributed by atoms with van der Waals surface area (Å²) in [5.74, 6) is 1.58. The average molecular weight is 223 g/mol. The maximum atomic E-state index is 5.28. The van der Waals surface area contributed by atoms with Crippen molar-refractivity contribution in [2.24, 2.45) is 0 Å². The molecule has 1 atom stereocenters. The number of hydrogen-bond acceptors (Lipinski definition) is 3. The second-order valence-electron chi connectivity index (χ2n) is 3.79. The van der Waals surface area contributed by atoms with Gasteiger partial charge in [-0.15, -0.1) is 0 Å². The molecule has 1 rings (SSSR count). The zero-order chi connectivity index (χ0) is 12.0. The molecular formula is C13H21NO2. The Hall–Kier alpha value is -1.22. The van der Waals surface area contributed by atoms with Crippen LogP contribution in [0.5, 0.6) is 11.5 Å². The van der Waals surface area contributed by atoms with Gasteiger partial charge in [0.25, 0.3) is 0 Å². The van der Waals surface area contributed by atoms with Gasteiger partial charge in [0.15, 0.2) is 11.5 Å². The molecule has 1 N–H and O–H groups in total. The van der Waals surface area contributed by atoms with Gasteiger partial charge in [-0.05, 0) is 37.6 Å². The van der Waals surface area contributed by atoms with Gasteiger partial charge in [-0.1, -0.05) is 13.0 Å². The molecular weight excluding hydrogens is 202 g/mol. The molecule has 90 valence electrons. The smallest absolute Gasteiger partial charge is 0.160 e. The van der Waals surface area contributed by atoms with E-state index >= 15 is 0 Å². The van der Waals surface area contributed by atoms with E-state index in [1.54, 1.807) is 14.2 Å². The standard InChI is InChI=1S/C13H21NO2/c1-5-11(14-2)8-10-6-7-12(15-3)13(9-10)16-4/h6-7,9,11,14H,5,8H2,1-4H3. The Morgan fingerprint density at radius 2 is 1.88 bits per heavy atom. The van der Waals surface area contributed by atoms with Crippen LogP contribution in [-0.2, 0) is 6.42 Å². The summed E-state index contributed by atoms with van der Waals surface area (Å²) in [5.41, 5.74) is 1.26. The highest BCUT2D eigenvalue weighted by Crippen LogP contribution is 2.28. The Kier molecular flexibility index (Phi) is 5.12. The van der Waals surface area contributed by atoms with Gasteiger partial charge in [0, 0.05) is 6.04 Å². The molecule has 1 aromatic rings. The monoisotopic (exact) mass is 223 g/mol. The maximum Gasteiger partial charge on any atom is 0.160 e. The number of rotatable bonds is 6. The van der Waals surface area contributed by atoms with Crippen LogP contribution in [0.1, 0.15) is 18.9 Å². The average Bonchev–Trinajstić information content (AvgIpc) is 2.35. The van der Waals surface area contributed by atoms with Gasteiger partial charge in [-0.25, -0.2) is 0 Å². The van der Waals surface area contributed by atoms with E-state index in [4.69, 9.17) is 9.47 Å². The van der Waals surface area contributed by atoms with Gasteiger partial charge in [0.1, 0.15) is 0 Å². The Bertz CT molecular complexity index is 322. The molecule has 0 aromatic heterocycles. The lowest BCUT2D eigenvalue weighted by Crippen LogP contribution is -2.26. The summed E-state index contributed by atoms with van der Waals surface area (Å²) >= 11 is 0. The van der Waals surface area contributed by atoms with Crippen molar-refractivity contribution in [1.29, 1.82) is 0 Å². The van der Waals surface area contributed by atoms with Crippen LogP contribution in [0, 0.1) is 0 Å². The normalized spacial score (nSPS) is 12.2.